The molecule has 0 fully saturated rings. The van der Waals surface area contributed by atoms with Crippen LogP contribution < -0.4 is 0 Å². The molecule has 0 spiro atoms. The molecule has 0 atom stereocenters. The zero-order chi connectivity index (χ0) is 11.9. The monoisotopic (exact) mass is 210 g/mol. The second kappa shape index (κ2) is 14.9. The summed E-state index contributed by atoms with van der Waals surface area (Å²) in [7, 11) is 0. The first-order valence-corrected chi connectivity index (χ1v) is 4.73. The Morgan fingerprint density at radius 1 is 1.07 bits per heavy atom. The maximum Gasteiger partial charge on any atom is 0.327 e. The van der Waals surface area contributed by atoms with E-state index in [2.05, 4.69) is 13.2 Å². The number of carbonyl (C=O) groups excluding carboxylic acids is 1. The first-order chi connectivity index (χ1) is 7.18. The van der Waals surface area contributed by atoms with Gasteiger partial charge in [0.05, 0.1) is 0 Å². The molecule has 0 amide bonds. The van der Waals surface area contributed by atoms with Crippen LogP contribution >= 0.6 is 0 Å². The number of carboxylic acids is 1. The van der Waals surface area contributed by atoms with E-state index in [9.17, 15) is 9.59 Å². The van der Waals surface area contributed by atoms with E-state index in [0.717, 1.165) is 31.6 Å². The van der Waals surface area contributed by atoms with Crippen LogP contribution in [0.25, 0.3) is 0 Å². The highest BCUT2D eigenvalue weighted by Crippen LogP contribution is 1.89. The molecule has 0 aliphatic rings. The molecule has 0 saturated carbocycles. The zero-order valence-corrected chi connectivity index (χ0v) is 8.89. The molecule has 3 nitrogen and oxygen atoms in total. The third-order valence-corrected chi connectivity index (χ3v) is 1.29. The van der Waals surface area contributed by atoms with Crippen molar-refractivity contribution in [1.82, 2.24) is 0 Å². The second-order valence-corrected chi connectivity index (χ2v) is 2.64. The number of carbonyl (C=O) groups is 2. The lowest BCUT2D eigenvalue weighted by atomic mass is 10.3. The standard InChI is InChI=1S/C7H10O2.C5H8O/c1-2-3-4-5-6-7(8)9;1-2-3-4-5-6/h2,5-6H,1,3-4H2,(H,8,9);2,5H,1,3-4H2/b6-5+;. The average molecular weight is 210 g/mol. The van der Waals surface area contributed by atoms with Crippen LogP contribution in [0.2, 0.25) is 0 Å². The van der Waals surface area contributed by atoms with E-state index in [0.29, 0.717) is 6.42 Å². The molecule has 0 rings (SSSR count). The van der Waals surface area contributed by atoms with Gasteiger partial charge in [-0.15, -0.1) is 13.2 Å². The first kappa shape index (κ1) is 15.8. The fourth-order valence-electron chi connectivity index (χ4n) is 0.584. The predicted molar refractivity (Wildman–Crippen MR) is 61.7 cm³/mol. The van der Waals surface area contributed by atoms with Crippen molar-refractivity contribution in [3.63, 3.8) is 0 Å². The van der Waals surface area contributed by atoms with Crippen LogP contribution in [0.15, 0.2) is 37.5 Å². The molecular formula is C12H18O3. The van der Waals surface area contributed by atoms with Crippen LogP contribution in [0.1, 0.15) is 25.7 Å². The summed E-state index contributed by atoms with van der Waals surface area (Å²) in [6, 6.07) is 0. The zero-order valence-electron chi connectivity index (χ0n) is 8.89. The van der Waals surface area contributed by atoms with Gasteiger partial charge in [0.1, 0.15) is 6.29 Å². The molecule has 0 unspecified atom stereocenters. The van der Waals surface area contributed by atoms with Gasteiger partial charge >= 0.3 is 5.97 Å². The Labute approximate surface area is 90.8 Å². The highest BCUT2D eigenvalue weighted by Gasteiger charge is 1.81. The fraction of sp³-hybridized carbons (Fsp3) is 0.333. The number of allylic oxidation sites excluding steroid dienone is 3. The quantitative estimate of drug-likeness (QED) is 0.304. The van der Waals surface area contributed by atoms with Crippen LogP contribution in [0.5, 0.6) is 0 Å². The van der Waals surface area contributed by atoms with E-state index in [1.165, 1.54) is 0 Å². The van der Waals surface area contributed by atoms with Gasteiger partial charge < -0.3 is 9.90 Å². The number of unbranched alkanes of at least 4 members (excludes halogenated alkanes) is 2. The number of aliphatic carboxylic acids is 1. The molecule has 3 heteroatoms. The molecule has 15 heavy (non-hydrogen) atoms. The highest BCUT2D eigenvalue weighted by atomic mass is 16.4. The summed E-state index contributed by atoms with van der Waals surface area (Å²) in [4.78, 5) is 19.4. The summed E-state index contributed by atoms with van der Waals surface area (Å²) in [6.07, 6.45) is 10.2. The predicted octanol–water partition coefficient (Wildman–Crippen LogP) is 2.74. The third-order valence-electron chi connectivity index (χ3n) is 1.29. The van der Waals surface area contributed by atoms with Gasteiger partial charge in [-0.1, -0.05) is 18.2 Å². The molecule has 0 heterocycles. The molecule has 0 bridgehead atoms. The molecule has 0 aliphatic carbocycles. The summed E-state index contributed by atoms with van der Waals surface area (Å²) in [5.74, 6) is -0.890. The third kappa shape index (κ3) is 24.5. The fourth-order valence-corrected chi connectivity index (χ4v) is 0.584. The van der Waals surface area contributed by atoms with E-state index in [4.69, 9.17) is 5.11 Å². The van der Waals surface area contributed by atoms with E-state index in [1.807, 2.05) is 0 Å². The smallest absolute Gasteiger partial charge is 0.327 e. The normalized spacial score (nSPS) is 8.80. The molecule has 0 aromatic heterocycles. The number of hydrogen-bond acceptors (Lipinski definition) is 2. The van der Waals surface area contributed by atoms with Crippen molar-refractivity contribution in [3.05, 3.63) is 37.5 Å². The van der Waals surface area contributed by atoms with Gasteiger partial charge in [0, 0.05) is 12.5 Å². The summed E-state index contributed by atoms with van der Waals surface area (Å²) in [5.41, 5.74) is 0. The number of carboxylic acid groups (broad SMARTS) is 1. The number of aldehydes is 1. The summed E-state index contributed by atoms with van der Waals surface area (Å²) in [5, 5.41) is 8.10. The number of rotatable bonds is 7. The van der Waals surface area contributed by atoms with Gasteiger partial charge in [0.2, 0.25) is 0 Å². The van der Waals surface area contributed by atoms with Crippen molar-refractivity contribution in [2.75, 3.05) is 0 Å². The number of hydrogen-bond donors (Lipinski definition) is 1. The Bertz CT molecular complexity index is 209. The SMILES string of the molecule is C=CCC/C=C/C(=O)O.C=CCCC=O. The minimum atomic E-state index is -0.890. The molecule has 0 aromatic rings. The van der Waals surface area contributed by atoms with Crippen molar-refractivity contribution >= 4 is 12.3 Å². The van der Waals surface area contributed by atoms with Crippen LogP contribution in [0, 0.1) is 0 Å². The van der Waals surface area contributed by atoms with Crippen molar-refractivity contribution in [2.45, 2.75) is 25.7 Å². The van der Waals surface area contributed by atoms with Crippen LogP contribution in [0.4, 0.5) is 0 Å². The summed E-state index contributed by atoms with van der Waals surface area (Å²) >= 11 is 0. The Kier molecular flexibility index (Phi) is 15.7. The molecule has 0 radical (unpaired) electrons. The lowest BCUT2D eigenvalue weighted by Crippen LogP contribution is -1.84. The van der Waals surface area contributed by atoms with Gasteiger partial charge in [-0.25, -0.2) is 4.79 Å². The van der Waals surface area contributed by atoms with Gasteiger partial charge in [-0.2, -0.15) is 0 Å². The van der Waals surface area contributed by atoms with Crippen molar-refractivity contribution in [1.29, 1.82) is 0 Å². The molecule has 0 aromatic carbocycles. The Balaban J connectivity index is 0. The van der Waals surface area contributed by atoms with E-state index < -0.39 is 5.97 Å². The van der Waals surface area contributed by atoms with E-state index in [-0.39, 0.29) is 0 Å². The van der Waals surface area contributed by atoms with Crippen LogP contribution in [0.3, 0.4) is 0 Å². The summed E-state index contributed by atoms with van der Waals surface area (Å²) in [6.45, 7) is 6.94. The van der Waals surface area contributed by atoms with E-state index >= 15 is 0 Å². The molecule has 0 saturated heterocycles. The van der Waals surface area contributed by atoms with Gasteiger partial charge in [0.25, 0.3) is 0 Å². The van der Waals surface area contributed by atoms with Crippen molar-refractivity contribution in [2.24, 2.45) is 0 Å². The topological polar surface area (TPSA) is 54.4 Å². The molecule has 0 aliphatic heterocycles. The van der Waals surface area contributed by atoms with Crippen LogP contribution in [-0.2, 0) is 9.59 Å². The maximum absolute atomic E-state index is 9.85. The molecular weight excluding hydrogens is 192 g/mol. The van der Waals surface area contributed by atoms with E-state index in [1.54, 1.807) is 18.2 Å². The minimum Gasteiger partial charge on any atom is -0.478 e. The Hall–Kier alpha value is -1.64. The second-order valence-electron chi connectivity index (χ2n) is 2.64. The van der Waals surface area contributed by atoms with Gasteiger partial charge in [-0.05, 0) is 19.3 Å². The molecule has 1 N–H and O–H groups in total. The highest BCUT2D eigenvalue weighted by molar-refractivity contribution is 5.79. The lowest BCUT2D eigenvalue weighted by Gasteiger charge is -1.81. The van der Waals surface area contributed by atoms with Gasteiger partial charge in [0.15, 0.2) is 0 Å². The largest absolute Gasteiger partial charge is 0.478 e. The Morgan fingerprint density at radius 3 is 1.93 bits per heavy atom. The van der Waals surface area contributed by atoms with Gasteiger partial charge in [-0.3, -0.25) is 0 Å². The summed E-state index contributed by atoms with van der Waals surface area (Å²) < 4.78 is 0. The molecule has 84 valence electrons. The lowest BCUT2D eigenvalue weighted by molar-refractivity contribution is -0.131. The Morgan fingerprint density at radius 2 is 1.60 bits per heavy atom. The first-order valence-electron chi connectivity index (χ1n) is 4.73. The minimum absolute atomic E-state index is 0.615. The van der Waals surface area contributed by atoms with Crippen molar-refractivity contribution < 1.29 is 14.7 Å². The van der Waals surface area contributed by atoms with Crippen molar-refractivity contribution in [3.8, 4) is 0 Å². The maximum atomic E-state index is 9.85. The average Bonchev–Trinajstić information content (AvgIpc) is 2.22. The van der Waals surface area contributed by atoms with Crippen LogP contribution in [-0.4, -0.2) is 17.4 Å².